The Balaban J connectivity index is 1.39. The average Bonchev–Trinajstić information content (AvgIpc) is 4.01. The van der Waals surface area contributed by atoms with Crippen molar-refractivity contribution in [3.05, 3.63) is 124 Å². The minimum atomic E-state index is -4.45. The zero-order valence-corrected chi connectivity index (χ0v) is 39.4. The lowest BCUT2D eigenvalue weighted by Gasteiger charge is -2.27. The quantitative estimate of drug-likeness (QED) is 0.0836. The van der Waals surface area contributed by atoms with Gasteiger partial charge in [0, 0.05) is 11.1 Å². The molecule has 0 radical (unpaired) electrons. The first kappa shape index (κ1) is 44.2. The molecule has 8 rings (SSSR count). The number of anilines is 5. The first-order chi connectivity index (χ1) is 30.7. The van der Waals surface area contributed by atoms with E-state index in [1.54, 1.807) is 10.7 Å². The molecule has 8 aromatic rings. The average molecular weight is 909 g/mol. The Morgan fingerprint density at radius 1 is 0.797 bits per heavy atom. The molecule has 0 amide bonds. The van der Waals surface area contributed by atoms with Gasteiger partial charge in [-0.05, 0) is 96.8 Å². The number of nitriles is 1. The van der Waals surface area contributed by atoms with Crippen LogP contribution in [-0.2, 0) is 41.2 Å². The summed E-state index contributed by atoms with van der Waals surface area (Å²) in [6.07, 6.45) is 2.97. The maximum absolute atomic E-state index is 12.2. The van der Waals surface area contributed by atoms with Crippen LogP contribution in [0.3, 0.4) is 0 Å². The number of nitrogens with one attached hydrogen (secondary N) is 1. The van der Waals surface area contributed by atoms with Crippen molar-refractivity contribution in [3.8, 4) is 11.2 Å². The van der Waals surface area contributed by atoms with Crippen LogP contribution in [0.25, 0.3) is 25.6 Å². The highest BCUT2D eigenvalue weighted by Crippen LogP contribution is 2.46. The summed E-state index contributed by atoms with van der Waals surface area (Å²) in [6.45, 7) is 16.4. The Labute approximate surface area is 381 Å². The Morgan fingerprint density at radius 2 is 1.44 bits per heavy atom. The van der Waals surface area contributed by atoms with Crippen LogP contribution in [0, 0.1) is 18.3 Å². The zero-order chi connectivity index (χ0) is 45.5. The fraction of sp³-hybridized carbons (Fsp3) is 0.271. The predicted octanol–water partition coefficient (Wildman–Crippen LogP) is 13.1. The second-order valence-corrected chi connectivity index (χ2v) is 19.8. The van der Waals surface area contributed by atoms with Gasteiger partial charge in [0.2, 0.25) is 5.13 Å². The van der Waals surface area contributed by atoms with Crippen molar-refractivity contribution in [2.24, 2.45) is 10.2 Å². The maximum atomic E-state index is 12.2. The van der Waals surface area contributed by atoms with Gasteiger partial charge in [-0.3, -0.25) is 9.45 Å². The highest BCUT2D eigenvalue weighted by molar-refractivity contribution is 7.85. The van der Waals surface area contributed by atoms with Crippen molar-refractivity contribution >= 4 is 92.9 Å². The minimum Gasteiger partial charge on any atom is -0.338 e. The van der Waals surface area contributed by atoms with Gasteiger partial charge in [0.25, 0.3) is 10.1 Å². The Kier molecular flexibility index (Phi) is 12.2. The van der Waals surface area contributed by atoms with Gasteiger partial charge in [-0.1, -0.05) is 120 Å². The molecule has 0 saturated heterocycles. The van der Waals surface area contributed by atoms with Crippen LogP contribution < -0.4 is 10.2 Å². The summed E-state index contributed by atoms with van der Waals surface area (Å²) in [5, 5.41) is 30.3. The number of para-hydroxylation sites is 3. The molecular weight excluding hydrogens is 861 g/mol. The Bertz CT molecular complexity index is 3190. The molecule has 326 valence electrons. The highest BCUT2D eigenvalue weighted by atomic mass is 32.2. The van der Waals surface area contributed by atoms with Crippen LogP contribution in [0.5, 0.6) is 0 Å². The molecule has 0 spiro atoms. The molecule has 13 nitrogen and oxygen atoms in total. The van der Waals surface area contributed by atoms with Crippen LogP contribution in [-0.4, -0.2) is 37.7 Å². The number of thiazole rings is 2. The lowest BCUT2D eigenvalue weighted by molar-refractivity contribution is 0.483. The molecule has 0 fully saturated rings. The molecule has 0 aliphatic rings. The number of benzene rings is 4. The number of aromatic nitrogens is 5. The highest BCUT2D eigenvalue weighted by Gasteiger charge is 2.30. The Hall–Kier alpha value is -6.38. The van der Waals surface area contributed by atoms with E-state index in [2.05, 4.69) is 75.5 Å². The van der Waals surface area contributed by atoms with E-state index in [0.717, 1.165) is 75.1 Å². The standard InChI is InChI=1S/C48H48N10O3S3/c1-9-29-17-15-18-30(10-2)41(29)53-44-40(54-55-45-34(27-49)43(48(6,7)8)56-58(45)47-51-35-21-13-14-22-37(35)62-47)28(5)25-39(52-44)57(42-31(11-3)19-16-20-32(42)12-4)46-50-36-24-23-33(64(59,60)61)26-38(36)63-46/h13-26H,9-12H2,1-8H3,(H,52,53)(H,59,60,61). The lowest BCUT2D eigenvalue weighted by Crippen LogP contribution is -2.16. The third kappa shape index (κ3) is 8.39. The molecule has 16 heteroatoms. The van der Waals surface area contributed by atoms with Gasteiger partial charge in [-0.15, -0.1) is 10.2 Å². The number of hydrogen-bond acceptors (Lipinski definition) is 13. The smallest absolute Gasteiger partial charge is 0.294 e. The van der Waals surface area contributed by atoms with Gasteiger partial charge in [0.05, 0.1) is 36.7 Å². The van der Waals surface area contributed by atoms with E-state index in [4.69, 9.17) is 30.3 Å². The zero-order valence-electron chi connectivity index (χ0n) is 36.9. The molecule has 4 aromatic carbocycles. The van der Waals surface area contributed by atoms with Gasteiger partial charge in [-0.25, -0.2) is 15.0 Å². The molecular formula is C48H48N10O3S3. The molecule has 4 aromatic heterocycles. The van der Waals surface area contributed by atoms with Crippen LogP contribution in [0.15, 0.2) is 100 Å². The van der Waals surface area contributed by atoms with Gasteiger partial charge >= 0.3 is 0 Å². The van der Waals surface area contributed by atoms with E-state index in [1.807, 2.05) is 62.9 Å². The molecule has 0 atom stereocenters. The van der Waals surface area contributed by atoms with Crippen molar-refractivity contribution in [1.82, 2.24) is 24.7 Å². The number of hydrogen-bond donors (Lipinski definition) is 2. The molecule has 0 unspecified atom stereocenters. The van der Waals surface area contributed by atoms with Crippen LogP contribution in [0.4, 0.5) is 39.6 Å². The maximum Gasteiger partial charge on any atom is 0.294 e. The molecule has 0 bridgehead atoms. The summed E-state index contributed by atoms with van der Waals surface area (Å²) >= 11 is 2.76. The fourth-order valence-electron chi connectivity index (χ4n) is 7.77. The summed E-state index contributed by atoms with van der Waals surface area (Å²) in [5.74, 6) is 1.23. The molecule has 0 saturated carbocycles. The van der Waals surface area contributed by atoms with Gasteiger partial charge in [-0.2, -0.15) is 23.5 Å². The number of fused-ring (bicyclic) bond motifs is 2. The second-order valence-electron chi connectivity index (χ2n) is 16.3. The molecule has 4 heterocycles. The van der Waals surface area contributed by atoms with E-state index in [1.165, 1.54) is 34.8 Å². The topological polar surface area (TPSA) is 175 Å². The van der Waals surface area contributed by atoms with E-state index >= 15 is 0 Å². The Morgan fingerprint density at radius 3 is 2.05 bits per heavy atom. The third-order valence-electron chi connectivity index (χ3n) is 11.1. The first-order valence-electron chi connectivity index (χ1n) is 21.2. The third-order valence-corrected chi connectivity index (χ3v) is 13.9. The van der Waals surface area contributed by atoms with Gasteiger partial charge < -0.3 is 5.32 Å². The summed E-state index contributed by atoms with van der Waals surface area (Å²) in [7, 11) is -4.45. The SMILES string of the molecule is CCc1cccc(CC)c1Nc1nc(N(c2nc3ccc(S(=O)(=O)O)cc3s2)c2c(CC)cccc2CC)cc(C)c1N=Nc1c(C#N)c(C(C)(C)C)nn1-c1nc2ccccc2s1. The lowest BCUT2D eigenvalue weighted by atomic mass is 9.90. The first-order valence-corrected chi connectivity index (χ1v) is 24.2. The molecule has 64 heavy (non-hydrogen) atoms. The number of pyridine rings is 1. The normalized spacial score (nSPS) is 12.1. The summed E-state index contributed by atoms with van der Waals surface area (Å²) in [6, 6.07) is 29.1. The minimum absolute atomic E-state index is 0.208. The summed E-state index contributed by atoms with van der Waals surface area (Å²) < 4.78 is 37.5. The van der Waals surface area contributed by atoms with Crippen LogP contribution in [0.1, 0.15) is 87.5 Å². The van der Waals surface area contributed by atoms with Crippen molar-refractivity contribution in [3.63, 3.8) is 0 Å². The number of rotatable bonds is 13. The molecule has 0 aliphatic heterocycles. The van der Waals surface area contributed by atoms with Crippen molar-refractivity contribution in [1.29, 1.82) is 5.26 Å². The molecule has 2 N–H and O–H groups in total. The fourth-order valence-corrected chi connectivity index (χ4v) is 10.3. The van der Waals surface area contributed by atoms with Gasteiger partial charge in [0.1, 0.15) is 23.1 Å². The largest absolute Gasteiger partial charge is 0.338 e. The van der Waals surface area contributed by atoms with Gasteiger partial charge in [0.15, 0.2) is 16.8 Å². The van der Waals surface area contributed by atoms with E-state index in [9.17, 15) is 18.2 Å². The predicted molar refractivity (Wildman–Crippen MR) is 258 cm³/mol. The second kappa shape index (κ2) is 17.6. The van der Waals surface area contributed by atoms with Crippen molar-refractivity contribution in [2.75, 3.05) is 10.2 Å². The van der Waals surface area contributed by atoms with Crippen molar-refractivity contribution in [2.45, 2.75) is 91.4 Å². The van der Waals surface area contributed by atoms with E-state index < -0.39 is 15.5 Å². The summed E-state index contributed by atoms with van der Waals surface area (Å²) in [4.78, 5) is 17.2. The number of nitrogens with zero attached hydrogens (tertiary/aromatic N) is 9. The summed E-state index contributed by atoms with van der Waals surface area (Å²) in [5.41, 5.74) is 9.15. The number of azo groups is 1. The van der Waals surface area contributed by atoms with Crippen LogP contribution in [0.2, 0.25) is 0 Å². The number of aryl methyl sites for hydroxylation is 5. The van der Waals surface area contributed by atoms with E-state index in [0.29, 0.717) is 49.1 Å². The monoisotopic (exact) mass is 908 g/mol. The van der Waals surface area contributed by atoms with Crippen LogP contribution >= 0.6 is 22.7 Å². The van der Waals surface area contributed by atoms with Crippen molar-refractivity contribution < 1.29 is 13.0 Å². The van der Waals surface area contributed by atoms with E-state index in [-0.39, 0.29) is 10.7 Å². The molecule has 0 aliphatic carbocycles.